The van der Waals surface area contributed by atoms with Crippen LogP contribution in [0.5, 0.6) is 0 Å². The van der Waals surface area contributed by atoms with Gasteiger partial charge in [-0.1, -0.05) is 0 Å². The summed E-state index contributed by atoms with van der Waals surface area (Å²) in [4.78, 5) is 13.7. The Morgan fingerprint density at radius 1 is 1.50 bits per heavy atom. The van der Waals surface area contributed by atoms with Gasteiger partial charge in [-0.15, -0.1) is 0 Å². The molecule has 4 nitrogen and oxygen atoms in total. The standard InChI is InChI=1S/C10H17N3O/c1-5-13(6-2)10(14)9-7-12(4)11-8(9)3/h7H,5-6H2,1-4H3. The predicted octanol–water partition coefficient (Wildman–Crippen LogP) is 1.21. The molecule has 0 N–H and O–H groups in total. The van der Waals surface area contributed by atoms with Crippen LogP contribution in [0.25, 0.3) is 0 Å². The van der Waals surface area contributed by atoms with Gasteiger partial charge in [-0.3, -0.25) is 9.48 Å². The number of hydrogen-bond acceptors (Lipinski definition) is 2. The maximum absolute atomic E-state index is 11.9. The van der Waals surface area contributed by atoms with E-state index in [-0.39, 0.29) is 5.91 Å². The highest BCUT2D eigenvalue weighted by atomic mass is 16.2. The van der Waals surface area contributed by atoms with Crippen LogP contribution in [0.15, 0.2) is 6.20 Å². The fourth-order valence-electron chi connectivity index (χ4n) is 1.49. The van der Waals surface area contributed by atoms with Crippen molar-refractivity contribution in [1.29, 1.82) is 0 Å². The minimum absolute atomic E-state index is 0.0700. The molecule has 1 aromatic heterocycles. The lowest BCUT2D eigenvalue weighted by Gasteiger charge is -2.17. The van der Waals surface area contributed by atoms with Crippen LogP contribution >= 0.6 is 0 Å². The molecule has 78 valence electrons. The molecule has 1 amide bonds. The quantitative estimate of drug-likeness (QED) is 0.727. The van der Waals surface area contributed by atoms with Gasteiger partial charge in [0.2, 0.25) is 0 Å². The summed E-state index contributed by atoms with van der Waals surface area (Å²) in [5.41, 5.74) is 1.50. The average Bonchev–Trinajstić information content (AvgIpc) is 2.47. The predicted molar refractivity (Wildman–Crippen MR) is 55.2 cm³/mol. The molecule has 0 fully saturated rings. The van der Waals surface area contributed by atoms with Crippen LogP contribution in [0.3, 0.4) is 0 Å². The number of amides is 1. The summed E-state index contributed by atoms with van der Waals surface area (Å²) in [7, 11) is 1.83. The number of nitrogens with zero attached hydrogens (tertiary/aromatic N) is 3. The molecule has 0 saturated heterocycles. The fraction of sp³-hybridized carbons (Fsp3) is 0.600. The maximum atomic E-state index is 11.9. The Morgan fingerprint density at radius 2 is 2.07 bits per heavy atom. The lowest BCUT2D eigenvalue weighted by Crippen LogP contribution is -2.30. The van der Waals surface area contributed by atoms with Gasteiger partial charge in [0.25, 0.3) is 5.91 Å². The fourth-order valence-corrected chi connectivity index (χ4v) is 1.49. The molecular formula is C10H17N3O. The van der Waals surface area contributed by atoms with E-state index in [0.717, 1.165) is 18.8 Å². The van der Waals surface area contributed by atoms with Gasteiger partial charge in [-0.25, -0.2) is 0 Å². The van der Waals surface area contributed by atoms with Crippen LogP contribution in [-0.4, -0.2) is 33.7 Å². The first kappa shape index (κ1) is 10.8. The van der Waals surface area contributed by atoms with Crippen LogP contribution in [0.2, 0.25) is 0 Å². The molecule has 0 unspecified atom stereocenters. The first-order valence-corrected chi connectivity index (χ1v) is 4.89. The zero-order valence-electron chi connectivity index (χ0n) is 9.24. The Labute approximate surface area is 84.5 Å². The van der Waals surface area contributed by atoms with E-state index in [1.165, 1.54) is 0 Å². The van der Waals surface area contributed by atoms with Crippen molar-refractivity contribution in [3.05, 3.63) is 17.5 Å². The Balaban J connectivity index is 2.93. The number of carbonyl (C=O) groups is 1. The SMILES string of the molecule is CCN(CC)C(=O)c1cn(C)nc1C. The normalized spacial score (nSPS) is 10.3. The molecule has 1 rings (SSSR count). The van der Waals surface area contributed by atoms with Crippen molar-refractivity contribution in [2.75, 3.05) is 13.1 Å². The smallest absolute Gasteiger partial charge is 0.257 e. The largest absolute Gasteiger partial charge is 0.339 e. The summed E-state index contributed by atoms with van der Waals surface area (Å²) < 4.78 is 1.67. The van der Waals surface area contributed by atoms with E-state index in [1.54, 1.807) is 15.8 Å². The molecule has 1 heterocycles. The second kappa shape index (κ2) is 4.26. The van der Waals surface area contributed by atoms with Crippen molar-refractivity contribution in [1.82, 2.24) is 14.7 Å². The molecule has 0 aliphatic carbocycles. The molecule has 1 aromatic rings. The Hall–Kier alpha value is -1.32. The Morgan fingerprint density at radius 3 is 2.43 bits per heavy atom. The summed E-state index contributed by atoms with van der Waals surface area (Å²) in [5.74, 6) is 0.0700. The first-order valence-electron chi connectivity index (χ1n) is 4.89. The van der Waals surface area contributed by atoms with Gasteiger partial charge in [-0.05, 0) is 20.8 Å². The van der Waals surface area contributed by atoms with Crippen molar-refractivity contribution in [3.8, 4) is 0 Å². The highest BCUT2D eigenvalue weighted by Crippen LogP contribution is 2.08. The van der Waals surface area contributed by atoms with E-state index in [2.05, 4.69) is 5.10 Å². The molecular weight excluding hydrogens is 178 g/mol. The van der Waals surface area contributed by atoms with Crippen LogP contribution in [0.4, 0.5) is 0 Å². The van der Waals surface area contributed by atoms with Crippen LogP contribution < -0.4 is 0 Å². The minimum atomic E-state index is 0.0700. The van der Waals surface area contributed by atoms with Gasteiger partial charge < -0.3 is 4.90 Å². The third-order valence-electron chi connectivity index (χ3n) is 2.29. The molecule has 4 heteroatoms. The maximum Gasteiger partial charge on any atom is 0.257 e. The highest BCUT2D eigenvalue weighted by molar-refractivity contribution is 5.95. The summed E-state index contributed by atoms with van der Waals surface area (Å²) in [5, 5.41) is 4.15. The third kappa shape index (κ3) is 1.95. The van der Waals surface area contributed by atoms with Crippen LogP contribution in [0.1, 0.15) is 29.9 Å². The number of carbonyl (C=O) groups excluding carboxylic acids is 1. The number of hydrogen-bond donors (Lipinski definition) is 0. The van der Waals surface area contributed by atoms with Crippen LogP contribution in [0, 0.1) is 6.92 Å². The highest BCUT2D eigenvalue weighted by Gasteiger charge is 2.16. The Kier molecular flexibility index (Phi) is 3.28. The molecule has 0 bridgehead atoms. The molecule has 14 heavy (non-hydrogen) atoms. The molecule has 0 aliphatic rings. The third-order valence-corrected chi connectivity index (χ3v) is 2.29. The molecule has 0 atom stereocenters. The van der Waals surface area contributed by atoms with Gasteiger partial charge in [0, 0.05) is 26.3 Å². The van der Waals surface area contributed by atoms with Crippen molar-refractivity contribution >= 4 is 5.91 Å². The minimum Gasteiger partial charge on any atom is -0.339 e. The number of aryl methyl sites for hydroxylation is 2. The Bertz CT molecular complexity index is 326. The van der Waals surface area contributed by atoms with Crippen LogP contribution in [-0.2, 0) is 7.05 Å². The van der Waals surface area contributed by atoms with Crippen molar-refractivity contribution in [2.24, 2.45) is 7.05 Å². The second-order valence-corrected chi connectivity index (χ2v) is 3.28. The molecule has 0 saturated carbocycles. The van der Waals surface area contributed by atoms with E-state index in [0.29, 0.717) is 5.56 Å². The average molecular weight is 195 g/mol. The van der Waals surface area contributed by atoms with E-state index >= 15 is 0 Å². The number of rotatable bonds is 3. The first-order chi connectivity index (χ1) is 6.60. The van der Waals surface area contributed by atoms with E-state index in [1.807, 2.05) is 27.8 Å². The zero-order chi connectivity index (χ0) is 10.7. The van der Waals surface area contributed by atoms with Gasteiger partial charge in [0.05, 0.1) is 11.3 Å². The lowest BCUT2D eigenvalue weighted by atomic mass is 10.2. The summed E-state index contributed by atoms with van der Waals surface area (Å²) in [6.45, 7) is 7.30. The van der Waals surface area contributed by atoms with Gasteiger partial charge >= 0.3 is 0 Å². The second-order valence-electron chi connectivity index (χ2n) is 3.28. The van der Waals surface area contributed by atoms with Gasteiger partial charge in [-0.2, -0.15) is 5.10 Å². The monoisotopic (exact) mass is 195 g/mol. The molecule has 0 aromatic carbocycles. The summed E-state index contributed by atoms with van der Waals surface area (Å²) in [6, 6.07) is 0. The van der Waals surface area contributed by atoms with Gasteiger partial charge in [0.15, 0.2) is 0 Å². The van der Waals surface area contributed by atoms with E-state index < -0.39 is 0 Å². The summed E-state index contributed by atoms with van der Waals surface area (Å²) in [6.07, 6.45) is 1.77. The van der Waals surface area contributed by atoms with Crippen molar-refractivity contribution in [2.45, 2.75) is 20.8 Å². The lowest BCUT2D eigenvalue weighted by molar-refractivity contribution is 0.0772. The van der Waals surface area contributed by atoms with Crippen molar-refractivity contribution < 1.29 is 4.79 Å². The molecule has 0 spiro atoms. The zero-order valence-corrected chi connectivity index (χ0v) is 9.24. The van der Waals surface area contributed by atoms with E-state index in [9.17, 15) is 4.79 Å². The molecule has 0 aliphatic heterocycles. The van der Waals surface area contributed by atoms with Crippen molar-refractivity contribution in [3.63, 3.8) is 0 Å². The molecule has 0 radical (unpaired) electrons. The topological polar surface area (TPSA) is 38.1 Å². The summed E-state index contributed by atoms with van der Waals surface area (Å²) >= 11 is 0. The number of aromatic nitrogens is 2. The van der Waals surface area contributed by atoms with Gasteiger partial charge in [0.1, 0.15) is 0 Å². The van der Waals surface area contributed by atoms with E-state index in [4.69, 9.17) is 0 Å².